The van der Waals surface area contributed by atoms with Crippen molar-refractivity contribution in [3.05, 3.63) is 47.2 Å². The molecule has 0 saturated carbocycles. The Hall–Kier alpha value is -3.08. The molecule has 2 amide bonds. The minimum Gasteiger partial charge on any atom is -0.440 e. The third-order valence-electron chi connectivity index (χ3n) is 6.14. The third-order valence-corrected chi connectivity index (χ3v) is 6.14. The number of alkyl halides is 3. The van der Waals surface area contributed by atoms with Gasteiger partial charge in [0.25, 0.3) is 0 Å². The van der Waals surface area contributed by atoms with Crippen LogP contribution < -0.4 is 5.32 Å². The lowest BCUT2D eigenvalue weighted by molar-refractivity contribution is -0.208. The predicted octanol–water partition coefficient (Wildman–Crippen LogP) is 4.43. The Kier molecular flexibility index (Phi) is 6.71. The van der Waals surface area contributed by atoms with Gasteiger partial charge in [0.2, 0.25) is 5.91 Å². The van der Waals surface area contributed by atoms with Crippen molar-refractivity contribution < 1.29 is 27.5 Å². The van der Waals surface area contributed by atoms with Gasteiger partial charge in [-0.05, 0) is 47.4 Å². The van der Waals surface area contributed by atoms with E-state index in [9.17, 15) is 22.8 Å². The highest BCUT2D eigenvalue weighted by Crippen LogP contribution is 2.43. The maximum atomic E-state index is 13.3. The quantitative estimate of drug-likeness (QED) is 0.637. The lowest BCUT2D eigenvalue weighted by Crippen LogP contribution is -2.43. The maximum Gasteiger partial charge on any atom is 0.411 e. The number of aromatic nitrogens is 2. The summed E-state index contributed by atoms with van der Waals surface area (Å²) in [5, 5.41) is 9.04. The largest absolute Gasteiger partial charge is 0.440 e. The summed E-state index contributed by atoms with van der Waals surface area (Å²) < 4.78 is 45.7. The van der Waals surface area contributed by atoms with E-state index in [4.69, 9.17) is 4.74 Å². The minimum atomic E-state index is -4.73. The Morgan fingerprint density at radius 2 is 1.85 bits per heavy atom. The van der Waals surface area contributed by atoms with Crippen molar-refractivity contribution in [2.45, 2.75) is 52.1 Å². The number of hydrogen-bond acceptors (Lipinski definition) is 5. The zero-order valence-electron chi connectivity index (χ0n) is 20.1. The van der Waals surface area contributed by atoms with E-state index in [0.29, 0.717) is 17.8 Å². The second-order valence-electron chi connectivity index (χ2n) is 9.69. The van der Waals surface area contributed by atoms with E-state index >= 15 is 0 Å². The Balaban J connectivity index is 1.81. The lowest BCUT2D eigenvalue weighted by atomic mass is 9.91. The topological polar surface area (TPSA) is 90.6 Å². The highest BCUT2D eigenvalue weighted by Gasteiger charge is 2.53. The van der Waals surface area contributed by atoms with Gasteiger partial charge in [0, 0.05) is 12.1 Å². The van der Waals surface area contributed by atoms with Crippen molar-refractivity contribution in [3.8, 4) is 0 Å². The number of carbonyl (C=O) groups is 2. The van der Waals surface area contributed by atoms with Gasteiger partial charge >= 0.3 is 12.3 Å². The molecule has 3 rings (SSSR count). The molecule has 1 aromatic carbocycles. The van der Waals surface area contributed by atoms with Crippen LogP contribution in [0.25, 0.3) is 0 Å². The van der Waals surface area contributed by atoms with Gasteiger partial charge in [-0.3, -0.25) is 14.8 Å². The standard InChI is InChI=1S/C23H30F3N5O3/c1-21(2,23(24,25)26)19(32)27-18-15-12-31(22(3,4)17(15)28-29-18)20(33)34-16(13-30(5)6)14-10-8-7-9-11-14/h7-11,16H,12-13H2,1-6H3,(H2,27,28,29,32)/t16-/m1/s1. The number of ether oxygens (including phenoxy) is 1. The molecule has 186 valence electrons. The first-order valence-electron chi connectivity index (χ1n) is 10.8. The summed E-state index contributed by atoms with van der Waals surface area (Å²) in [5.74, 6) is -1.27. The number of hydrogen-bond donors (Lipinski definition) is 2. The molecule has 1 aliphatic rings. The number of anilines is 1. The molecule has 1 atom stereocenters. The molecule has 2 heterocycles. The SMILES string of the molecule is CN(C)C[C@@H](OC(=O)N1Cc2c(NC(=O)C(C)(C)C(F)(F)F)n[nH]c2C1(C)C)c1ccccc1. The van der Waals surface area contributed by atoms with Gasteiger partial charge in [0.1, 0.15) is 11.5 Å². The maximum absolute atomic E-state index is 13.3. The van der Waals surface area contributed by atoms with Gasteiger partial charge in [0.05, 0.1) is 17.8 Å². The molecule has 0 bridgehead atoms. The molecule has 1 aromatic heterocycles. The molecule has 0 spiro atoms. The lowest BCUT2D eigenvalue weighted by Gasteiger charge is -2.33. The Morgan fingerprint density at radius 1 is 1.24 bits per heavy atom. The minimum absolute atomic E-state index is 0.0171. The molecule has 0 radical (unpaired) electrons. The van der Waals surface area contributed by atoms with Crippen LogP contribution in [0.3, 0.4) is 0 Å². The van der Waals surface area contributed by atoms with Crippen LogP contribution in [0.1, 0.15) is 50.6 Å². The number of benzene rings is 1. The van der Waals surface area contributed by atoms with Crippen LogP contribution in [0.5, 0.6) is 0 Å². The summed E-state index contributed by atoms with van der Waals surface area (Å²) in [6, 6.07) is 9.34. The first kappa shape index (κ1) is 25.5. The fourth-order valence-corrected chi connectivity index (χ4v) is 3.70. The Bertz CT molecular complexity index is 1050. The summed E-state index contributed by atoms with van der Waals surface area (Å²) >= 11 is 0. The van der Waals surface area contributed by atoms with Crippen LogP contribution in [0.4, 0.5) is 23.8 Å². The molecule has 0 fully saturated rings. The first-order chi connectivity index (χ1) is 15.7. The van der Waals surface area contributed by atoms with Crippen LogP contribution in [-0.2, 0) is 21.6 Å². The van der Waals surface area contributed by atoms with Crippen molar-refractivity contribution in [3.63, 3.8) is 0 Å². The number of rotatable bonds is 6. The molecule has 2 aromatic rings. The fraction of sp³-hybridized carbons (Fsp3) is 0.522. The molecule has 0 saturated heterocycles. The third kappa shape index (κ3) is 4.75. The van der Waals surface area contributed by atoms with Crippen LogP contribution in [0, 0.1) is 5.41 Å². The van der Waals surface area contributed by atoms with E-state index in [1.807, 2.05) is 49.3 Å². The van der Waals surface area contributed by atoms with Gasteiger partial charge in [-0.1, -0.05) is 30.3 Å². The number of halogens is 3. The molecule has 11 heteroatoms. The predicted molar refractivity (Wildman–Crippen MR) is 120 cm³/mol. The van der Waals surface area contributed by atoms with E-state index in [-0.39, 0.29) is 12.4 Å². The van der Waals surface area contributed by atoms with Gasteiger partial charge in [-0.15, -0.1) is 0 Å². The number of nitrogens with zero attached hydrogens (tertiary/aromatic N) is 3. The normalized spacial score (nSPS) is 16.4. The molecule has 34 heavy (non-hydrogen) atoms. The second kappa shape index (κ2) is 8.94. The Labute approximate surface area is 196 Å². The molecular formula is C23H30F3N5O3. The van der Waals surface area contributed by atoms with Crippen molar-refractivity contribution in [1.82, 2.24) is 20.0 Å². The Morgan fingerprint density at radius 3 is 2.41 bits per heavy atom. The second-order valence-corrected chi connectivity index (χ2v) is 9.69. The average Bonchev–Trinajstić information content (AvgIpc) is 3.25. The number of nitrogens with one attached hydrogen (secondary N) is 2. The van der Waals surface area contributed by atoms with Crippen molar-refractivity contribution in [2.24, 2.45) is 5.41 Å². The molecular weight excluding hydrogens is 451 g/mol. The summed E-state index contributed by atoms with van der Waals surface area (Å²) in [7, 11) is 3.74. The van der Waals surface area contributed by atoms with Crippen LogP contribution in [-0.4, -0.2) is 58.8 Å². The monoisotopic (exact) mass is 481 g/mol. The molecule has 0 aliphatic carbocycles. The van der Waals surface area contributed by atoms with E-state index in [2.05, 4.69) is 15.5 Å². The van der Waals surface area contributed by atoms with Gasteiger partial charge in [-0.25, -0.2) is 4.79 Å². The van der Waals surface area contributed by atoms with Crippen LogP contribution >= 0.6 is 0 Å². The van der Waals surface area contributed by atoms with Gasteiger partial charge in [-0.2, -0.15) is 18.3 Å². The molecule has 0 unspecified atom stereocenters. The average molecular weight is 482 g/mol. The number of likely N-dealkylation sites (N-methyl/N-ethyl adjacent to an activating group) is 1. The molecule has 2 N–H and O–H groups in total. The van der Waals surface area contributed by atoms with Gasteiger partial charge in [0.15, 0.2) is 5.82 Å². The van der Waals surface area contributed by atoms with E-state index < -0.39 is 35.2 Å². The number of carbonyl (C=O) groups excluding carboxylic acids is 2. The molecule has 1 aliphatic heterocycles. The van der Waals surface area contributed by atoms with Crippen LogP contribution in [0.15, 0.2) is 30.3 Å². The van der Waals surface area contributed by atoms with Crippen molar-refractivity contribution in [2.75, 3.05) is 26.0 Å². The summed E-state index contributed by atoms with van der Waals surface area (Å²) in [6.07, 6.45) is -5.84. The number of fused-ring (bicyclic) bond motifs is 1. The summed E-state index contributed by atoms with van der Waals surface area (Å²) in [4.78, 5) is 29.0. The van der Waals surface area contributed by atoms with Gasteiger partial charge < -0.3 is 15.0 Å². The fourth-order valence-electron chi connectivity index (χ4n) is 3.70. The zero-order chi connectivity index (χ0) is 25.5. The summed E-state index contributed by atoms with van der Waals surface area (Å²) in [6.45, 7) is 5.63. The highest BCUT2D eigenvalue weighted by molar-refractivity contribution is 5.95. The zero-order valence-corrected chi connectivity index (χ0v) is 20.1. The van der Waals surface area contributed by atoms with E-state index in [0.717, 1.165) is 19.4 Å². The number of aromatic amines is 1. The van der Waals surface area contributed by atoms with E-state index in [1.165, 1.54) is 4.90 Å². The molecule has 8 nitrogen and oxygen atoms in total. The first-order valence-corrected chi connectivity index (χ1v) is 10.8. The summed E-state index contributed by atoms with van der Waals surface area (Å²) in [5.41, 5.74) is -1.70. The smallest absolute Gasteiger partial charge is 0.411 e. The number of amides is 2. The van der Waals surface area contributed by atoms with Crippen LogP contribution in [0.2, 0.25) is 0 Å². The van der Waals surface area contributed by atoms with E-state index in [1.54, 1.807) is 13.8 Å². The highest BCUT2D eigenvalue weighted by atomic mass is 19.4. The number of H-pyrrole nitrogens is 1. The van der Waals surface area contributed by atoms with Crippen molar-refractivity contribution >= 4 is 17.8 Å². The van der Waals surface area contributed by atoms with Crippen molar-refractivity contribution in [1.29, 1.82) is 0 Å².